The molecule has 0 fully saturated rings. The molecule has 4 rings (SSSR count). The van der Waals surface area contributed by atoms with Gasteiger partial charge in [-0.05, 0) is 53.4 Å². The van der Waals surface area contributed by atoms with Gasteiger partial charge in [-0.25, -0.2) is 13.1 Å². The van der Waals surface area contributed by atoms with Crippen LogP contribution in [0, 0.1) is 0 Å². The summed E-state index contributed by atoms with van der Waals surface area (Å²) < 4.78 is 32.6. The number of rotatable bonds is 15. The van der Waals surface area contributed by atoms with E-state index in [1.165, 1.54) is 12.1 Å². The zero-order chi connectivity index (χ0) is 32.2. The summed E-state index contributed by atoms with van der Waals surface area (Å²) in [7, 11) is -1.99. The monoisotopic (exact) mass is 647 g/mol. The molecule has 0 spiro atoms. The predicted molar refractivity (Wildman–Crippen MR) is 176 cm³/mol. The first-order chi connectivity index (χ1) is 21.7. The van der Waals surface area contributed by atoms with Crippen molar-refractivity contribution in [2.24, 2.45) is 0 Å². The molecule has 0 radical (unpaired) electrons. The largest absolute Gasteiger partial charge is 0.496 e. The van der Waals surface area contributed by atoms with Crippen LogP contribution in [0.1, 0.15) is 35.6 Å². The van der Waals surface area contributed by atoms with Gasteiger partial charge in [0.25, 0.3) is 0 Å². The van der Waals surface area contributed by atoms with Crippen molar-refractivity contribution in [2.75, 3.05) is 13.7 Å². The van der Waals surface area contributed by atoms with E-state index in [1.54, 1.807) is 43.2 Å². The first kappa shape index (κ1) is 33.7. The number of nitrogens with zero attached hydrogens (tertiary/aromatic N) is 1. The second-order valence-electron chi connectivity index (χ2n) is 10.5. The minimum Gasteiger partial charge on any atom is -0.496 e. The number of para-hydroxylation sites is 1. The van der Waals surface area contributed by atoms with Gasteiger partial charge >= 0.3 is 0 Å². The molecule has 45 heavy (non-hydrogen) atoms. The summed E-state index contributed by atoms with van der Waals surface area (Å²) in [5.41, 5.74) is 3.38. The highest BCUT2D eigenvalue weighted by Crippen LogP contribution is 2.21. The fourth-order valence-corrected chi connectivity index (χ4v) is 6.16. The lowest BCUT2D eigenvalue weighted by Gasteiger charge is -2.32. The van der Waals surface area contributed by atoms with Crippen molar-refractivity contribution < 1.29 is 22.7 Å². The van der Waals surface area contributed by atoms with E-state index < -0.39 is 16.1 Å². The molecule has 2 amide bonds. The van der Waals surface area contributed by atoms with E-state index >= 15 is 0 Å². The minimum atomic E-state index is -3.58. The number of hydrogen-bond acceptors (Lipinski definition) is 5. The molecule has 4 aromatic carbocycles. The molecule has 0 aliphatic heterocycles. The van der Waals surface area contributed by atoms with E-state index in [-0.39, 0.29) is 36.2 Å². The second-order valence-corrected chi connectivity index (χ2v) is 12.7. The highest BCUT2D eigenvalue weighted by Gasteiger charge is 2.30. The van der Waals surface area contributed by atoms with Crippen molar-refractivity contribution in [1.29, 1.82) is 0 Å². The van der Waals surface area contributed by atoms with E-state index in [0.717, 1.165) is 22.3 Å². The predicted octanol–water partition coefficient (Wildman–Crippen LogP) is 5.54. The Kier molecular flexibility index (Phi) is 12.2. The average Bonchev–Trinajstić information content (AvgIpc) is 3.05. The van der Waals surface area contributed by atoms with Crippen molar-refractivity contribution in [3.8, 4) is 5.75 Å². The van der Waals surface area contributed by atoms with Gasteiger partial charge < -0.3 is 15.0 Å². The number of sulfonamides is 1. The van der Waals surface area contributed by atoms with Gasteiger partial charge in [-0.2, -0.15) is 0 Å². The number of ether oxygens (including phenoxy) is 1. The van der Waals surface area contributed by atoms with Crippen molar-refractivity contribution in [3.05, 3.63) is 130 Å². The second kappa shape index (κ2) is 16.2. The highest BCUT2D eigenvalue weighted by atomic mass is 35.5. The standard InChI is InChI=1S/C35H38ClN3O5S/c1-3-38-45(42,43)31-20-15-26(16-21-31)17-22-34(40)39(25-28-13-18-30(36)19-14-28)32(23-27-9-5-4-6-10-27)35(41)37-24-29-11-7-8-12-33(29)44-2/h4-16,18-21,32,38H,3,17,22-25H2,1-2H3,(H,37,41)/t32-/m1/s1. The molecule has 8 nitrogen and oxygen atoms in total. The van der Waals surface area contributed by atoms with Gasteiger partial charge in [0.15, 0.2) is 0 Å². The van der Waals surface area contributed by atoms with E-state index in [2.05, 4.69) is 10.0 Å². The Morgan fingerprint density at radius 3 is 2.16 bits per heavy atom. The number of aryl methyl sites for hydroxylation is 1. The molecule has 0 aliphatic carbocycles. The lowest BCUT2D eigenvalue weighted by atomic mass is 10.0. The smallest absolute Gasteiger partial charge is 0.243 e. The van der Waals surface area contributed by atoms with Gasteiger partial charge in [0.1, 0.15) is 11.8 Å². The number of benzene rings is 4. The van der Waals surface area contributed by atoms with Crippen LogP contribution in [0.5, 0.6) is 5.75 Å². The van der Waals surface area contributed by atoms with Crippen molar-refractivity contribution in [1.82, 2.24) is 14.9 Å². The lowest BCUT2D eigenvalue weighted by Crippen LogP contribution is -2.50. The van der Waals surface area contributed by atoms with Crippen LogP contribution in [0.3, 0.4) is 0 Å². The number of halogens is 1. The summed E-state index contributed by atoms with van der Waals surface area (Å²) in [6.07, 6.45) is 0.811. The third kappa shape index (κ3) is 9.65. The van der Waals surface area contributed by atoms with Crippen LogP contribution in [0.25, 0.3) is 0 Å². The Balaban J connectivity index is 1.60. The number of methoxy groups -OCH3 is 1. The zero-order valence-corrected chi connectivity index (χ0v) is 27.0. The van der Waals surface area contributed by atoms with E-state index in [0.29, 0.717) is 30.2 Å². The number of hydrogen-bond donors (Lipinski definition) is 2. The minimum absolute atomic E-state index is 0.123. The van der Waals surface area contributed by atoms with Crippen LogP contribution in [-0.2, 0) is 45.5 Å². The normalized spacial score (nSPS) is 11.9. The average molecular weight is 648 g/mol. The molecule has 1 atom stereocenters. The summed E-state index contributed by atoms with van der Waals surface area (Å²) in [4.78, 5) is 29.7. The molecule has 0 unspecified atom stereocenters. The van der Waals surface area contributed by atoms with Gasteiger partial charge in [-0.3, -0.25) is 9.59 Å². The highest BCUT2D eigenvalue weighted by molar-refractivity contribution is 7.89. The van der Waals surface area contributed by atoms with Crippen LogP contribution < -0.4 is 14.8 Å². The third-order valence-corrected chi connectivity index (χ3v) is 9.19. The van der Waals surface area contributed by atoms with E-state index in [1.807, 2.05) is 66.7 Å². The lowest BCUT2D eigenvalue weighted by molar-refractivity contribution is -0.141. The van der Waals surface area contributed by atoms with Crippen molar-refractivity contribution >= 4 is 33.4 Å². The molecular weight excluding hydrogens is 610 g/mol. The molecule has 236 valence electrons. The maximum Gasteiger partial charge on any atom is 0.243 e. The Morgan fingerprint density at radius 2 is 1.49 bits per heavy atom. The maximum atomic E-state index is 14.0. The van der Waals surface area contributed by atoms with E-state index in [4.69, 9.17) is 16.3 Å². The molecule has 0 aliphatic rings. The van der Waals surface area contributed by atoms with Crippen LogP contribution in [0.4, 0.5) is 0 Å². The van der Waals surface area contributed by atoms with Gasteiger partial charge in [-0.1, -0.05) is 91.3 Å². The topological polar surface area (TPSA) is 105 Å². The summed E-state index contributed by atoms with van der Waals surface area (Å²) in [6.45, 7) is 2.45. The fraction of sp³-hybridized carbons (Fsp3) is 0.257. The third-order valence-electron chi connectivity index (χ3n) is 7.38. The Hall–Kier alpha value is -4.18. The summed E-state index contributed by atoms with van der Waals surface area (Å²) in [5.74, 6) is 0.170. The molecule has 0 bridgehead atoms. The first-order valence-corrected chi connectivity index (χ1v) is 16.6. The molecule has 0 heterocycles. The SMILES string of the molecule is CCNS(=O)(=O)c1ccc(CCC(=O)N(Cc2ccc(Cl)cc2)[C@H](Cc2ccccc2)C(=O)NCc2ccccc2OC)cc1. The van der Waals surface area contributed by atoms with Gasteiger partial charge in [0, 0.05) is 43.1 Å². The molecule has 0 saturated carbocycles. The van der Waals surface area contributed by atoms with Crippen molar-refractivity contribution in [3.63, 3.8) is 0 Å². The number of carbonyl (C=O) groups excluding carboxylic acids is 2. The van der Waals surface area contributed by atoms with Gasteiger partial charge in [0.2, 0.25) is 21.8 Å². The molecular formula is C35H38ClN3O5S. The van der Waals surface area contributed by atoms with Gasteiger partial charge in [0.05, 0.1) is 12.0 Å². The molecule has 10 heteroatoms. The van der Waals surface area contributed by atoms with E-state index in [9.17, 15) is 18.0 Å². The quantitative estimate of drug-likeness (QED) is 0.176. The molecule has 0 aromatic heterocycles. The Morgan fingerprint density at radius 1 is 0.844 bits per heavy atom. The van der Waals surface area contributed by atoms with Crippen LogP contribution >= 0.6 is 11.6 Å². The van der Waals surface area contributed by atoms with Crippen LogP contribution in [0.2, 0.25) is 5.02 Å². The summed E-state index contributed by atoms with van der Waals surface area (Å²) in [6, 6.07) is 30.0. The first-order valence-electron chi connectivity index (χ1n) is 14.8. The summed E-state index contributed by atoms with van der Waals surface area (Å²) >= 11 is 6.13. The van der Waals surface area contributed by atoms with Gasteiger partial charge in [-0.15, -0.1) is 0 Å². The number of carbonyl (C=O) groups is 2. The van der Waals surface area contributed by atoms with Crippen LogP contribution in [0.15, 0.2) is 108 Å². The number of nitrogens with one attached hydrogen (secondary N) is 2. The zero-order valence-electron chi connectivity index (χ0n) is 25.4. The fourth-order valence-electron chi connectivity index (χ4n) is 4.99. The Labute approximate surface area is 270 Å². The molecule has 2 N–H and O–H groups in total. The maximum absolute atomic E-state index is 14.0. The molecule has 0 saturated heterocycles. The van der Waals surface area contributed by atoms with Crippen molar-refractivity contribution in [2.45, 2.75) is 50.2 Å². The van der Waals surface area contributed by atoms with Crippen LogP contribution in [-0.4, -0.2) is 44.8 Å². The number of amides is 2. The molecule has 4 aromatic rings. The Bertz CT molecular complexity index is 1660. The summed E-state index contributed by atoms with van der Waals surface area (Å²) in [5, 5.41) is 3.61.